The van der Waals surface area contributed by atoms with E-state index in [0.717, 1.165) is 4.88 Å². The van der Waals surface area contributed by atoms with Crippen molar-refractivity contribution in [1.82, 2.24) is 0 Å². The lowest BCUT2D eigenvalue weighted by atomic mass is 10.2. The monoisotopic (exact) mass is 275 g/mol. The van der Waals surface area contributed by atoms with Gasteiger partial charge in [0, 0.05) is 22.5 Å². The van der Waals surface area contributed by atoms with E-state index in [0.29, 0.717) is 17.8 Å². The predicted octanol–water partition coefficient (Wildman–Crippen LogP) is 2.47. The van der Waals surface area contributed by atoms with Crippen LogP contribution in [-0.4, -0.2) is 5.91 Å². The largest absolute Gasteiger partial charge is 0.380 e. The first kappa shape index (κ1) is 13.1. The standard InChI is InChI=1S/C13H10FN3OS/c14-12-2-1-9(4-11(12)13(16)18)17-6-10-3-8(5-15)7-19-10/h1-4,7,17H,6H2,(H2,16,18). The molecule has 1 heterocycles. The van der Waals surface area contributed by atoms with E-state index in [9.17, 15) is 9.18 Å². The van der Waals surface area contributed by atoms with Gasteiger partial charge in [-0.05, 0) is 24.3 Å². The number of halogens is 1. The summed E-state index contributed by atoms with van der Waals surface area (Å²) >= 11 is 1.46. The summed E-state index contributed by atoms with van der Waals surface area (Å²) in [5, 5.41) is 13.5. The number of anilines is 1. The number of primary amides is 1. The molecule has 0 spiro atoms. The molecule has 0 unspecified atom stereocenters. The SMILES string of the molecule is N#Cc1csc(CNc2ccc(F)c(C(N)=O)c2)c1. The van der Waals surface area contributed by atoms with Gasteiger partial charge >= 0.3 is 0 Å². The van der Waals surface area contributed by atoms with Crippen LogP contribution < -0.4 is 11.1 Å². The molecular weight excluding hydrogens is 265 g/mol. The van der Waals surface area contributed by atoms with E-state index in [1.807, 2.05) is 6.07 Å². The van der Waals surface area contributed by atoms with Crippen molar-refractivity contribution >= 4 is 22.9 Å². The van der Waals surface area contributed by atoms with E-state index in [4.69, 9.17) is 11.0 Å². The fraction of sp³-hybridized carbons (Fsp3) is 0.0769. The van der Waals surface area contributed by atoms with Gasteiger partial charge in [0.25, 0.3) is 5.91 Å². The Kier molecular flexibility index (Phi) is 3.78. The van der Waals surface area contributed by atoms with Gasteiger partial charge in [-0.2, -0.15) is 5.26 Å². The topological polar surface area (TPSA) is 78.9 Å². The van der Waals surface area contributed by atoms with Gasteiger partial charge in [0.15, 0.2) is 0 Å². The van der Waals surface area contributed by atoms with Gasteiger partial charge in [0.05, 0.1) is 11.1 Å². The molecule has 19 heavy (non-hydrogen) atoms. The Labute approximate surface area is 113 Å². The van der Waals surface area contributed by atoms with E-state index in [1.165, 1.54) is 29.5 Å². The fourth-order valence-corrected chi connectivity index (χ4v) is 2.29. The van der Waals surface area contributed by atoms with Crippen molar-refractivity contribution < 1.29 is 9.18 Å². The minimum atomic E-state index is -0.802. The van der Waals surface area contributed by atoms with Crippen molar-refractivity contribution in [3.8, 4) is 6.07 Å². The Morgan fingerprint density at radius 3 is 2.89 bits per heavy atom. The third kappa shape index (κ3) is 3.09. The van der Waals surface area contributed by atoms with E-state index < -0.39 is 11.7 Å². The number of benzene rings is 1. The summed E-state index contributed by atoms with van der Waals surface area (Å²) in [6.45, 7) is 0.496. The molecule has 96 valence electrons. The van der Waals surface area contributed by atoms with Crippen LogP contribution in [0.15, 0.2) is 29.6 Å². The van der Waals surface area contributed by atoms with Crippen LogP contribution in [0.1, 0.15) is 20.8 Å². The van der Waals surface area contributed by atoms with Gasteiger partial charge in [0.2, 0.25) is 0 Å². The molecule has 0 atom stereocenters. The predicted molar refractivity (Wildman–Crippen MR) is 71.3 cm³/mol. The van der Waals surface area contributed by atoms with Gasteiger partial charge in [-0.15, -0.1) is 11.3 Å². The Morgan fingerprint density at radius 1 is 1.47 bits per heavy atom. The maximum absolute atomic E-state index is 13.3. The molecule has 2 rings (SSSR count). The lowest BCUT2D eigenvalue weighted by Crippen LogP contribution is -2.13. The molecule has 1 amide bonds. The molecule has 1 aromatic carbocycles. The minimum Gasteiger partial charge on any atom is -0.380 e. The third-order valence-electron chi connectivity index (χ3n) is 2.48. The second kappa shape index (κ2) is 5.50. The summed E-state index contributed by atoms with van der Waals surface area (Å²) in [5.74, 6) is -1.44. The molecular formula is C13H10FN3OS. The zero-order chi connectivity index (χ0) is 13.8. The Balaban J connectivity index is 2.09. The highest BCUT2D eigenvalue weighted by atomic mass is 32.1. The fourth-order valence-electron chi connectivity index (χ4n) is 1.55. The van der Waals surface area contributed by atoms with Crippen LogP contribution in [0.3, 0.4) is 0 Å². The molecule has 0 aliphatic carbocycles. The number of rotatable bonds is 4. The van der Waals surface area contributed by atoms with E-state index in [1.54, 1.807) is 11.4 Å². The lowest BCUT2D eigenvalue weighted by molar-refractivity contribution is 0.0996. The summed E-state index contributed by atoms with van der Waals surface area (Å²) < 4.78 is 13.3. The third-order valence-corrected chi connectivity index (χ3v) is 3.42. The quantitative estimate of drug-likeness (QED) is 0.899. The van der Waals surface area contributed by atoms with E-state index in [-0.39, 0.29) is 5.56 Å². The Bertz CT molecular complexity index is 660. The summed E-state index contributed by atoms with van der Waals surface area (Å²) in [6, 6.07) is 7.91. The molecule has 0 radical (unpaired) electrons. The maximum Gasteiger partial charge on any atom is 0.251 e. The average Bonchev–Trinajstić information content (AvgIpc) is 2.85. The van der Waals surface area contributed by atoms with Gasteiger partial charge in [-0.25, -0.2) is 4.39 Å². The van der Waals surface area contributed by atoms with Crippen LogP contribution in [0.4, 0.5) is 10.1 Å². The van der Waals surface area contributed by atoms with E-state index in [2.05, 4.69) is 5.32 Å². The van der Waals surface area contributed by atoms with Crippen molar-refractivity contribution in [3.63, 3.8) is 0 Å². The first-order valence-electron chi connectivity index (χ1n) is 5.41. The summed E-state index contributed by atoms with van der Waals surface area (Å²) in [5.41, 5.74) is 6.14. The number of thiophene rings is 1. The molecule has 2 aromatic rings. The average molecular weight is 275 g/mol. The normalized spacial score (nSPS) is 9.89. The number of nitrogens with one attached hydrogen (secondary N) is 1. The Morgan fingerprint density at radius 2 is 2.26 bits per heavy atom. The number of carbonyl (C=O) groups excluding carboxylic acids is 1. The number of nitrogens with two attached hydrogens (primary N) is 1. The van der Waals surface area contributed by atoms with Crippen LogP contribution in [-0.2, 0) is 6.54 Å². The smallest absolute Gasteiger partial charge is 0.251 e. The zero-order valence-corrected chi connectivity index (χ0v) is 10.6. The molecule has 0 aliphatic heterocycles. The van der Waals surface area contributed by atoms with Crippen LogP contribution in [0, 0.1) is 17.1 Å². The summed E-state index contributed by atoms with van der Waals surface area (Å²) in [4.78, 5) is 12.0. The summed E-state index contributed by atoms with van der Waals surface area (Å²) in [7, 11) is 0. The second-order valence-corrected chi connectivity index (χ2v) is 4.82. The number of amides is 1. The molecule has 0 saturated carbocycles. The number of carbonyl (C=O) groups is 1. The van der Waals surface area contributed by atoms with Crippen molar-refractivity contribution in [2.45, 2.75) is 6.54 Å². The lowest BCUT2D eigenvalue weighted by Gasteiger charge is -2.06. The molecule has 3 N–H and O–H groups in total. The van der Waals surface area contributed by atoms with Crippen molar-refractivity contribution in [2.75, 3.05) is 5.32 Å². The van der Waals surface area contributed by atoms with Crippen LogP contribution in [0.5, 0.6) is 0 Å². The number of nitrogens with zero attached hydrogens (tertiary/aromatic N) is 1. The molecule has 1 aromatic heterocycles. The van der Waals surface area contributed by atoms with Crippen LogP contribution >= 0.6 is 11.3 Å². The molecule has 0 fully saturated rings. The number of hydrogen-bond acceptors (Lipinski definition) is 4. The molecule has 0 aliphatic rings. The number of hydrogen-bond donors (Lipinski definition) is 2. The van der Waals surface area contributed by atoms with E-state index >= 15 is 0 Å². The molecule has 0 saturated heterocycles. The second-order valence-electron chi connectivity index (χ2n) is 3.83. The zero-order valence-electron chi connectivity index (χ0n) is 9.81. The highest BCUT2D eigenvalue weighted by molar-refractivity contribution is 7.10. The molecule has 0 bridgehead atoms. The van der Waals surface area contributed by atoms with Crippen molar-refractivity contribution in [2.24, 2.45) is 5.73 Å². The van der Waals surface area contributed by atoms with Crippen molar-refractivity contribution in [1.29, 1.82) is 5.26 Å². The molecule has 6 heteroatoms. The van der Waals surface area contributed by atoms with Crippen LogP contribution in [0.25, 0.3) is 0 Å². The Hall–Kier alpha value is -2.39. The highest BCUT2D eigenvalue weighted by Crippen LogP contribution is 2.18. The van der Waals surface area contributed by atoms with Crippen LogP contribution in [0.2, 0.25) is 0 Å². The first-order chi connectivity index (χ1) is 9.10. The van der Waals surface area contributed by atoms with Gasteiger partial charge < -0.3 is 11.1 Å². The molecule has 4 nitrogen and oxygen atoms in total. The first-order valence-corrected chi connectivity index (χ1v) is 6.29. The maximum atomic E-state index is 13.3. The highest BCUT2D eigenvalue weighted by Gasteiger charge is 2.09. The number of nitriles is 1. The summed E-state index contributed by atoms with van der Waals surface area (Å²) in [6.07, 6.45) is 0. The van der Waals surface area contributed by atoms with Crippen molar-refractivity contribution in [3.05, 3.63) is 51.5 Å². The van der Waals surface area contributed by atoms with Gasteiger partial charge in [-0.1, -0.05) is 0 Å². The van der Waals surface area contributed by atoms with Gasteiger partial charge in [-0.3, -0.25) is 4.79 Å². The van der Waals surface area contributed by atoms with Gasteiger partial charge in [0.1, 0.15) is 11.9 Å². The minimum absolute atomic E-state index is 0.145.